The van der Waals surface area contributed by atoms with Gasteiger partial charge in [-0.2, -0.15) is 5.10 Å². The maximum absolute atomic E-state index is 12.6. The number of benzene rings is 3. The Morgan fingerprint density at radius 2 is 1.67 bits per heavy atom. The van der Waals surface area contributed by atoms with E-state index in [1.807, 2.05) is 30.3 Å². The minimum Gasteiger partial charge on any atom is -0.493 e. The molecule has 0 spiro atoms. The highest BCUT2D eigenvalue weighted by atomic mass is 16.5. The van der Waals surface area contributed by atoms with E-state index in [0.29, 0.717) is 45.1 Å². The SMILES string of the molecule is COc1cc(C2=NN=C(OCC(=O)N=Cc3c(O)oc4ccccc34)C2c2ccccc2)cc(OC)c1OC. The first-order valence-electron chi connectivity index (χ1n) is 11.9. The zero-order valence-electron chi connectivity index (χ0n) is 21.5. The fraction of sp³-hybridized carbons (Fsp3) is 0.172. The number of para-hydroxylation sites is 1. The van der Waals surface area contributed by atoms with E-state index in [-0.39, 0.29) is 18.5 Å². The molecule has 1 unspecified atom stereocenters. The van der Waals surface area contributed by atoms with Crippen LogP contribution in [0.4, 0.5) is 0 Å². The number of fused-ring (bicyclic) bond motifs is 1. The Kier molecular flexibility index (Phi) is 7.26. The molecule has 0 saturated heterocycles. The number of hydrogen-bond donors (Lipinski definition) is 1. The molecule has 2 heterocycles. The molecule has 10 nitrogen and oxygen atoms in total. The van der Waals surface area contributed by atoms with Crippen LogP contribution >= 0.6 is 0 Å². The highest BCUT2D eigenvalue weighted by molar-refractivity contribution is 6.20. The maximum atomic E-state index is 12.6. The van der Waals surface area contributed by atoms with Gasteiger partial charge in [0.25, 0.3) is 11.9 Å². The van der Waals surface area contributed by atoms with E-state index in [4.69, 9.17) is 23.4 Å². The second-order valence-corrected chi connectivity index (χ2v) is 8.44. The highest BCUT2D eigenvalue weighted by Crippen LogP contribution is 2.40. The highest BCUT2D eigenvalue weighted by Gasteiger charge is 2.33. The van der Waals surface area contributed by atoms with Gasteiger partial charge in [-0.15, -0.1) is 5.10 Å². The van der Waals surface area contributed by atoms with E-state index in [0.717, 1.165) is 5.56 Å². The molecule has 0 aliphatic carbocycles. The van der Waals surface area contributed by atoms with Crippen molar-refractivity contribution in [1.29, 1.82) is 0 Å². The second-order valence-electron chi connectivity index (χ2n) is 8.44. The van der Waals surface area contributed by atoms with Crippen molar-refractivity contribution < 1.29 is 33.3 Å². The van der Waals surface area contributed by atoms with E-state index < -0.39 is 11.8 Å². The van der Waals surface area contributed by atoms with Gasteiger partial charge in [0.15, 0.2) is 18.1 Å². The van der Waals surface area contributed by atoms with E-state index in [1.54, 1.807) is 36.4 Å². The minimum atomic E-state index is -0.574. The van der Waals surface area contributed by atoms with Crippen molar-refractivity contribution in [3.63, 3.8) is 0 Å². The Morgan fingerprint density at radius 1 is 0.974 bits per heavy atom. The molecule has 0 saturated carbocycles. The predicted molar refractivity (Wildman–Crippen MR) is 146 cm³/mol. The van der Waals surface area contributed by atoms with Crippen LogP contribution in [0.2, 0.25) is 0 Å². The third-order valence-electron chi connectivity index (χ3n) is 6.17. The van der Waals surface area contributed by atoms with Crippen molar-refractivity contribution in [1.82, 2.24) is 0 Å². The standard InChI is InChI=1S/C29H25N3O7/c1-35-22-13-18(14-23(36-2)27(22)37-3)26-25(17-9-5-4-6-10-17)28(32-31-26)38-16-24(33)30-15-20-19-11-7-8-12-21(19)39-29(20)34/h4-15,25,34H,16H2,1-3H3. The van der Waals surface area contributed by atoms with Gasteiger partial charge in [0, 0.05) is 17.2 Å². The second kappa shape index (κ2) is 11.1. The summed E-state index contributed by atoms with van der Waals surface area (Å²) in [6.45, 7) is -0.382. The van der Waals surface area contributed by atoms with E-state index in [1.165, 1.54) is 27.5 Å². The summed E-state index contributed by atoms with van der Waals surface area (Å²) < 4.78 is 27.6. The normalized spacial score (nSPS) is 14.8. The van der Waals surface area contributed by atoms with Crippen molar-refractivity contribution in [3.8, 4) is 23.2 Å². The lowest BCUT2D eigenvalue weighted by Gasteiger charge is -2.18. The van der Waals surface area contributed by atoms with E-state index in [2.05, 4.69) is 15.2 Å². The Balaban J connectivity index is 1.38. The van der Waals surface area contributed by atoms with Gasteiger partial charge in [-0.3, -0.25) is 4.79 Å². The number of nitrogens with zero attached hydrogens (tertiary/aromatic N) is 3. The summed E-state index contributed by atoms with van der Waals surface area (Å²) in [4.78, 5) is 16.5. The molecule has 4 aromatic rings. The smallest absolute Gasteiger partial charge is 0.292 e. The molecule has 39 heavy (non-hydrogen) atoms. The molecule has 0 radical (unpaired) electrons. The van der Waals surface area contributed by atoms with Gasteiger partial charge in [-0.1, -0.05) is 48.5 Å². The summed E-state index contributed by atoms with van der Waals surface area (Å²) in [6, 6.07) is 20.2. The lowest BCUT2D eigenvalue weighted by Crippen LogP contribution is -2.23. The van der Waals surface area contributed by atoms with Gasteiger partial charge >= 0.3 is 0 Å². The van der Waals surface area contributed by atoms with Crippen LogP contribution in [0, 0.1) is 0 Å². The Bertz CT molecular complexity index is 1580. The first-order chi connectivity index (χ1) is 19.0. The fourth-order valence-corrected chi connectivity index (χ4v) is 4.33. The number of methoxy groups -OCH3 is 3. The van der Waals surface area contributed by atoms with E-state index >= 15 is 0 Å². The molecular weight excluding hydrogens is 502 g/mol. The number of carbonyl (C=O) groups is 1. The summed E-state index contributed by atoms with van der Waals surface area (Å²) >= 11 is 0. The number of amides is 1. The summed E-state index contributed by atoms with van der Waals surface area (Å²) in [5.41, 5.74) is 2.94. The van der Waals surface area contributed by atoms with Gasteiger partial charge in [0.05, 0.1) is 32.6 Å². The summed E-state index contributed by atoms with van der Waals surface area (Å²) in [5, 5.41) is 19.4. The van der Waals surface area contributed by atoms with Crippen LogP contribution < -0.4 is 14.2 Å². The van der Waals surface area contributed by atoms with Crippen molar-refractivity contribution in [2.45, 2.75) is 5.92 Å². The molecule has 1 atom stereocenters. The van der Waals surface area contributed by atoms with Crippen LogP contribution in [-0.4, -0.2) is 56.8 Å². The van der Waals surface area contributed by atoms with Crippen LogP contribution in [0.25, 0.3) is 11.0 Å². The average molecular weight is 528 g/mol. The number of furan rings is 1. The molecular formula is C29H25N3O7. The number of hydrogen-bond acceptors (Lipinski definition) is 9. The number of aliphatic imine (C=N–C) groups is 1. The zero-order chi connectivity index (χ0) is 27.4. The maximum Gasteiger partial charge on any atom is 0.292 e. The molecule has 0 bridgehead atoms. The molecule has 3 aromatic carbocycles. The Labute approximate surface area is 223 Å². The van der Waals surface area contributed by atoms with Crippen LogP contribution in [0.5, 0.6) is 23.2 Å². The number of aromatic hydroxyl groups is 1. The Hall–Kier alpha value is -5.12. The first-order valence-corrected chi connectivity index (χ1v) is 11.9. The van der Waals surface area contributed by atoms with Gasteiger partial charge in [-0.05, 0) is 23.8 Å². The van der Waals surface area contributed by atoms with Crippen LogP contribution in [0.3, 0.4) is 0 Å². The van der Waals surface area contributed by atoms with Crippen molar-refractivity contribution >= 4 is 34.7 Å². The van der Waals surface area contributed by atoms with Crippen molar-refractivity contribution in [3.05, 3.63) is 83.4 Å². The third kappa shape index (κ3) is 5.04. The van der Waals surface area contributed by atoms with E-state index in [9.17, 15) is 9.90 Å². The monoisotopic (exact) mass is 527 g/mol. The first kappa shape index (κ1) is 25.5. The summed E-state index contributed by atoms with van der Waals surface area (Å²) in [6.07, 6.45) is 1.26. The van der Waals surface area contributed by atoms with Gasteiger partial charge in [-0.25, -0.2) is 4.99 Å². The zero-order valence-corrected chi connectivity index (χ0v) is 21.5. The molecule has 10 heteroatoms. The number of ether oxygens (including phenoxy) is 4. The number of carbonyl (C=O) groups excluding carboxylic acids is 1. The van der Waals surface area contributed by atoms with Crippen LogP contribution in [0.1, 0.15) is 22.6 Å². The molecule has 1 aliphatic rings. The lowest BCUT2D eigenvalue weighted by molar-refractivity contribution is -0.120. The molecule has 5 rings (SSSR count). The van der Waals surface area contributed by atoms with Crippen molar-refractivity contribution in [2.24, 2.45) is 15.2 Å². The molecule has 1 N–H and O–H groups in total. The summed E-state index contributed by atoms with van der Waals surface area (Å²) in [7, 11) is 4.61. The molecule has 198 valence electrons. The van der Waals surface area contributed by atoms with Crippen LogP contribution in [-0.2, 0) is 9.53 Å². The number of rotatable bonds is 8. The topological polar surface area (TPSA) is 124 Å². The van der Waals surface area contributed by atoms with Gasteiger partial charge in [0.2, 0.25) is 11.6 Å². The average Bonchev–Trinajstić information content (AvgIpc) is 3.54. The van der Waals surface area contributed by atoms with Crippen LogP contribution in [0.15, 0.2) is 86.3 Å². The molecule has 1 aromatic heterocycles. The van der Waals surface area contributed by atoms with Crippen molar-refractivity contribution in [2.75, 3.05) is 27.9 Å². The molecule has 0 fully saturated rings. The van der Waals surface area contributed by atoms with Gasteiger partial charge < -0.3 is 28.5 Å². The summed E-state index contributed by atoms with van der Waals surface area (Å²) in [5.74, 6) is 0.246. The Morgan fingerprint density at radius 3 is 2.36 bits per heavy atom. The quantitative estimate of drug-likeness (QED) is 0.329. The third-order valence-corrected chi connectivity index (χ3v) is 6.17. The minimum absolute atomic E-state index is 0.241. The fourth-order valence-electron chi connectivity index (χ4n) is 4.33. The molecule has 1 amide bonds. The lowest BCUT2D eigenvalue weighted by atomic mass is 9.90. The van der Waals surface area contributed by atoms with Gasteiger partial charge in [0.1, 0.15) is 11.5 Å². The largest absolute Gasteiger partial charge is 0.493 e. The predicted octanol–water partition coefficient (Wildman–Crippen LogP) is 4.73. The molecule has 1 aliphatic heterocycles.